The first kappa shape index (κ1) is 12.0. The molecule has 1 fully saturated rings. The molecule has 0 radical (unpaired) electrons. The van der Waals surface area contributed by atoms with Crippen LogP contribution in [0.1, 0.15) is 0 Å². The van der Waals surface area contributed by atoms with E-state index >= 15 is 0 Å². The summed E-state index contributed by atoms with van der Waals surface area (Å²) in [6, 6.07) is 0. The maximum Gasteiger partial charge on any atom is 0.378 e. The zero-order valence-corrected chi connectivity index (χ0v) is 9.93. The lowest BCUT2D eigenvalue weighted by Crippen LogP contribution is -2.71. The number of nitrogens with zero attached hydrogens (tertiary/aromatic N) is 3. The summed E-state index contributed by atoms with van der Waals surface area (Å²) in [7, 11) is 2.10. The minimum Gasteiger partial charge on any atom is -0.433 e. The van der Waals surface area contributed by atoms with E-state index in [0.717, 1.165) is 0 Å². The number of hydrogen-bond donors (Lipinski definition) is 0. The van der Waals surface area contributed by atoms with E-state index in [0.29, 0.717) is 14.0 Å². The predicted octanol–water partition coefficient (Wildman–Crippen LogP) is 1.27. The van der Waals surface area contributed by atoms with Gasteiger partial charge in [0.25, 0.3) is 0 Å². The maximum absolute atomic E-state index is 3.88. The van der Waals surface area contributed by atoms with Crippen molar-refractivity contribution in [2.45, 2.75) is 13.6 Å². The molecule has 0 bridgehead atoms. The first-order valence-corrected chi connectivity index (χ1v) is 5.23. The van der Waals surface area contributed by atoms with Gasteiger partial charge in [-0.05, 0) is 19.4 Å². The summed E-state index contributed by atoms with van der Waals surface area (Å²) >= 11 is 0. The van der Waals surface area contributed by atoms with Crippen molar-refractivity contribution in [1.29, 1.82) is 0 Å². The van der Waals surface area contributed by atoms with Crippen LogP contribution in [0, 0.1) is 0 Å². The molecule has 1 saturated heterocycles. The Labute approximate surface area is 94.5 Å². The second-order valence-corrected chi connectivity index (χ2v) is 3.84. The van der Waals surface area contributed by atoms with Gasteiger partial charge in [0.05, 0.1) is 0 Å². The van der Waals surface area contributed by atoms with Gasteiger partial charge in [0.1, 0.15) is 0 Å². The highest BCUT2D eigenvalue weighted by Crippen LogP contribution is 2.18. The highest BCUT2D eigenvalue weighted by molar-refractivity contribution is 6.87. The molecule has 0 spiro atoms. The quantitative estimate of drug-likeness (QED) is 0.636. The Kier molecular flexibility index (Phi) is 3.74. The fourth-order valence-electron chi connectivity index (χ4n) is 2.09. The zero-order chi connectivity index (χ0) is 11.6. The largest absolute Gasteiger partial charge is 0.433 e. The Bertz CT molecular complexity index is 249. The van der Waals surface area contributed by atoms with E-state index in [1.807, 2.05) is 18.4 Å². The lowest BCUT2D eigenvalue weighted by molar-refractivity contribution is 0.593. The normalized spacial score (nSPS) is 18.2. The molecule has 1 heterocycles. The summed E-state index contributed by atoms with van der Waals surface area (Å²) in [5.74, 6) is 1.92. The molecular weight excluding hydrogens is 183 g/mol. The number of rotatable bonds is 3. The Morgan fingerprint density at radius 1 is 0.933 bits per heavy atom. The summed E-state index contributed by atoms with van der Waals surface area (Å²) in [5, 5.41) is 0. The van der Waals surface area contributed by atoms with Crippen molar-refractivity contribution < 1.29 is 0 Å². The monoisotopic (exact) mass is 201 g/mol. The molecule has 0 atom stereocenters. The fourth-order valence-corrected chi connectivity index (χ4v) is 2.09. The first-order valence-electron chi connectivity index (χ1n) is 5.23. The van der Waals surface area contributed by atoms with E-state index in [1.165, 1.54) is 0 Å². The molecule has 6 heteroatoms. The Balaban J connectivity index is 3.04. The summed E-state index contributed by atoms with van der Waals surface area (Å²) < 4.78 is 6.59. The van der Waals surface area contributed by atoms with E-state index in [9.17, 15) is 0 Å². The standard InChI is InChI=1S/C9H18B3N3/c1-7-12-14(8-2)10(4)13(6)11(5)15(12)9-3/h7-9H,1-3H2,4-6H3. The molecule has 0 N–H and O–H groups in total. The summed E-state index contributed by atoms with van der Waals surface area (Å²) in [6.45, 7) is 16.7. The molecule has 3 nitrogen and oxygen atoms in total. The van der Waals surface area contributed by atoms with Crippen molar-refractivity contribution in [3.8, 4) is 0 Å². The van der Waals surface area contributed by atoms with E-state index in [4.69, 9.17) is 0 Å². The van der Waals surface area contributed by atoms with Crippen LogP contribution in [0.25, 0.3) is 0 Å². The maximum atomic E-state index is 3.88. The van der Waals surface area contributed by atoms with E-state index < -0.39 is 0 Å². The molecule has 0 aromatic carbocycles. The smallest absolute Gasteiger partial charge is 0.378 e. The van der Waals surface area contributed by atoms with Crippen molar-refractivity contribution in [1.82, 2.24) is 14.2 Å². The fraction of sp³-hybridized carbons (Fsp3) is 0.333. The molecule has 0 aliphatic carbocycles. The van der Waals surface area contributed by atoms with Gasteiger partial charge in [-0.1, -0.05) is 32.8 Å². The minimum absolute atomic E-state index is 0.140. The molecule has 0 saturated carbocycles. The number of hydrogen-bond acceptors (Lipinski definition) is 3. The third-order valence-electron chi connectivity index (χ3n) is 3.29. The molecule has 0 aromatic heterocycles. The van der Waals surface area contributed by atoms with Gasteiger partial charge in [0.15, 0.2) is 0 Å². The third-order valence-corrected chi connectivity index (χ3v) is 3.29. The Morgan fingerprint density at radius 3 is 1.60 bits per heavy atom. The third kappa shape index (κ3) is 1.86. The van der Waals surface area contributed by atoms with Crippen LogP contribution in [0.15, 0.2) is 38.1 Å². The lowest BCUT2D eigenvalue weighted by atomic mass is 9.45. The van der Waals surface area contributed by atoms with Crippen LogP contribution < -0.4 is 0 Å². The first-order chi connectivity index (χ1) is 7.08. The highest BCUT2D eigenvalue weighted by Gasteiger charge is 2.43. The molecule has 0 unspecified atom stereocenters. The van der Waals surface area contributed by atoms with Crippen LogP contribution in [-0.4, -0.2) is 42.2 Å². The zero-order valence-electron chi connectivity index (χ0n) is 9.93. The van der Waals surface area contributed by atoms with Crippen molar-refractivity contribution >= 4 is 20.9 Å². The molecule has 0 aromatic rings. The molecule has 1 aliphatic rings. The van der Waals surface area contributed by atoms with Crippen LogP contribution >= 0.6 is 0 Å². The predicted molar refractivity (Wildman–Crippen MR) is 71.0 cm³/mol. The van der Waals surface area contributed by atoms with Gasteiger partial charge in [-0.15, -0.1) is 6.58 Å². The van der Waals surface area contributed by atoms with Crippen LogP contribution in [0.4, 0.5) is 0 Å². The Hall–Kier alpha value is -1.03. The van der Waals surface area contributed by atoms with Crippen LogP contribution in [0.2, 0.25) is 13.6 Å². The topological polar surface area (TPSA) is 9.72 Å². The van der Waals surface area contributed by atoms with Crippen LogP contribution in [0.3, 0.4) is 0 Å². The van der Waals surface area contributed by atoms with Gasteiger partial charge in [0, 0.05) is 0 Å². The van der Waals surface area contributed by atoms with Crippen molar-refractivity contribution in [3.63, 3.8) is 0 Å². The molecule has 78 valence electrons. The van der Waals surface area contributed by atoms with Gasteiger partial charge >= 0.3 is 20.9 Å². The second-order valence-electron chi connectivity index (χ2n) is 3.84. The summed E-state index contributed by atoms with van der Waals surface area (Å²) in [6.07, 6.45) is 3.71. The van der Waals surface area contributed by atoms with Gasteiger partial charge in [0.2, 0.25) is 0 Å². The molecule has 15 heavy (non-hydrogen) atoms. The lowest BCUT2D eigenvalue weighted by Gasteiger charge is -2.50. The molecule has 0 amide bonds. The van der Waals surface area contributed by atoms with Crippen molar-refractivity contribution in [3.05, 3.63) is 38.1 Å². The van der Waals surface area contributed by atoms with Crippen LogP contribution in [0.5, 0.6) is 0 Å². The summed E-state index contributed by atoms with van der Waals surface area (Å²) in [5.41, 5.74) is 0. The highest BCUT2D eigenvalue weighted by atomic mass is 15.3. The average molecular weight is 201 g/mol. The van der Waals surface area contributed by atoms with Crippen molar-refractivity contribution in [2.75, 3.05) is 7.05 Å². The molecular formula is C9H18B3N3. The van der Waals surface area contributed by atoms with E-state index in [2.05, 4.69) is 54.6 Å². The van der Waals surface area contributed by atoms with Crippen LogP contribution in [-0.2, 0) is 0 Å². The van der Waals surface area contributed by atoms with Gasteiger partial charge in [-0.2, -0.15) is 0 Å². The minimum atomic E-state index is 0.140. The van der Waals surface area contributed by atoms with Gasteiger partial charge < -0.3 is 14.2 Å². The Morgan fingerprint density at radius 2 is 1.33 bits per heavy atom. The molecule has 1 rings (SSSR count). The van der Waals surface area contributed by atoms with E-state index in [-0.39, 0.29) is 6.98 Å². The average Bonchev–Trinajstić information content (AvgIpc) is 2.25. The molecule has 1 aliphatic heterocycles. The van der Waals surface area contributed by atoms with Gasteiger partial charge in [-0.25, -0.2) is 0 Å². The van der Waals surface area contributed by atoms with E-state index in [1.54, 1.807) is 0 Å². The second kappa shape index (κ2) is 4.66. The van der Waals surface area contributed by atoms with Crippen molar-refractivity contribution in [2.24, 2.45) is 0 Å². The summed E-state index contributed by atoms with van der Waals surface area (Å²) in [4.78, 5) is 0. The SMILES string of the molecule is C=CB1N(C=C)B(C)N(C)B(C)N1C=C. The van der Waals surface area contributed by atoms with Gasteiger partial charge in [-0.3, -0.25) is 0 Å².